The molecule has 0 bridgehead atoms. The Balaban J connectivity index is 2.27. The molecule has 0 nitrogen and oxygen atoms in total. The van der Waals surface area contributed by atoms with Gasteiger partial charge in [0, 0.05) is 0 Å². The Bertz CT molecular complexity index is 443. The summed E-state index contributed by atoms with van der Waals surface area (Å²) in [5.41, 5.74) is 5.91. The van der Waals surface area contributed by atoms with Crippen LogP contribution in [0.4, 0.5) is 0 Å². The number of fused-ring (bicyclic) bond motifs is 3. The van der Waals surface area contributed by atoms with Crippen LogP contribution in [0.15, 0.2) is 48.5 Å². The summed E-state index contributed by atoms with van der Waals surface area (Å²) < 4.78 is 0. The summed E-state index contributed by atoms with van der Waals surface area (Å²) >= 11 is 0. The van der Waals surface area contributed by atoms with E-state index in [1.165, 1.54) is 34.6 Å². The molecule has 3 rings (SSSR count). The molecular formula is C14H13P. The highest BCUT2D eigenvalue weighted by atomic mass is 31.1. The molecule has 74 valence electrons. The Kier molecular flexibility index (Phi) is 2.31. The first kappa shape index (κ1) is 9.12. The lowest BCUT2D eigenvalue weighted by Crippen LogP contribution is -1.86. The molecule has 1 heterocycles. The molecule has 0 atom stereocenters. The van der Waals surface area contributed by atoms with Crippen molar-refractivity contribution in [2.24, 2.45) is 0 Å². The van der Waals surface area contributed by atoms with Crippen LogP contribution in [-0.2, 0) is 12.3 Å². The lowest BCUT2D eigenvalue weighted by atomic mass is 9.97. The molecule has 0 radical (unpaired) electrons. The highest BCUT2D eigenvalue weighted by Gasteiger charge is 2.12. The molecule has 2 aromatic carbocycles. The fraction of sp³-hybridized carbons (Fsp3) is 0.143. The van der Waals surface area contributed by atoms with E-state index in [-0.39, 0.29) is 0 Å². The predicted molar refractivity (Wildman–Crippen MR) is 67.6 cm³/mol. The molecule has 0 aliphatic carbocycles. The largest absolute Gasteiger partial charge is 0.113 e. The van der Waals surface area contributed by atoms with E-state index >= 15 is 0 Å². The van der Waals surface area contributed by atoms with Crippen LogP contribution < -0.4 is 0 Å². The zero-order valence-corrected chi connectivity index (χ0v) is 9.53. The fourth-order valence-electron chi connectivity index (χ4n) is 2.21. The van der Waals surface area contributed by atoms with Gasteiger partial charge in [-0.3, -0.25) is 0 Å². The van der Waals surface area contributed by atoms with E-state index in [9.17, 15) is 0 Å². The summed E-state index contributed by atoms with van der Waals surface area (Å²) in [5, 5.41) is 0. The summed E-state index contributed by atoms with van der Waals surface area (Å²) in [4.78, 5) is 0. The van der Waals surface area contributed by atoms with Crippen molar-refractivity contribution in [2.45, 2.75) is 12.3 Å². The molecular weight excluding hydrogens is 199 g/mol. The smallest absolute Gasteiger partial charge is 0.00915 e. The van der Waals surface area contributed by atoms with Crippen molar-refractivity contribution in [1.82, 2.24) is 0 Å². The normalized spacial score (nSPS) is 13.9. The van der Waals surface area contributed by atoms with Crippen LogP contribution in [0.2, 0.25) is 0 Å². The van der Waals surface area contributed by atoms with Crippen LogP contribution in [0.1, 0.15) is 11.1 Å². The molecule has 0 aromatic heterocycles. The molecule has 0 unspecified atom stereocenters. The van der Waals surface area contributed by atoms with Gasteiger partial charge in [0.2, 0.25) is 0 Å². The molecule has 15 heavy (non-hydrogen) atoms. The first-order valence-corrected chi connectivity index (χ1v) is 6.73. The Hall–Kier alpha value is -1.13. The minimum Gasteiger partial charge on any atom is -0.113 e. The summed E-state index contributed by atoms with van der Waals surface area (Å²) in [6.07, 6.45) is 2.48. The molecule has 1 aliphatic rings. The molecule has 1 aliphatic heterocycles. The second kappa shape index (κ2) is 3.79. The molecule has 2 aromatic rings. The Labute approximate surface area is 92.1 Å². The van der Waals surface area contributed by atoms with Crippen LogP contribution in [0.3, 0.4) is 0 Å². The standard InChI is InChI=1S/C14H13P/c1-3-7-13-11(5-1)9-15-10-12-6-2-4-8-14(12)13/h1-8,15H,9-10H2. The van der Waals surface area contributed by atoms with Gasteiger partial charge in [0.1, 0.15) is 0 Å². The maximum Gasteiger partial charge on any atom is -0.00915 e. The van der Waals surface area contributed by atoms with Crippen LogP contribution in [0.25, 0.3) is 11.1 Å². The average molecular weight is 212 g/mol. The van der Waals surface area contributed by atoms with E-state index in [0.29, 0.717) is 0 Å². The first-order chi connectivity index (χ1) is 7.45. The van der Waals surface area contributed by atoms with Crippen molar-refractivity contribution >= 4 is 8.58 Å². The van der Waals surface area contributed by atoms with Gasteiger partial charge in [0.05, 0.1) is 0 Å². The monoisotopic (exact) mass is 212 g/mol. The highest BCUT2D eigenvalue weighted by molar-refractivity contribution is 7.36. The van der Waals surface area contributed by atoms with Crippen molar-refractivity contribution in [3.8, 4) is 11.1 Å². The highest BCUT2D eigenvalue weighted by Crippen LogP contribution is 2.38. The van der Waals surface area contributed by atoms with E-state index in [0.717, 1.165) is 8.58 Å². The Morgan fingerprint density at radius 3 is 1.67 bits per heavy atom. The van der Waals surface area contributed by atoms with Crippen molar-refractivity contribution < 1.29 is 0 Å². The van der Waals surface area contributed by atoms with Gasteiger partial charge >= 0.3 is 0 Å². The third-order valence-corrected chi connectivity index (χ3v) is 4.22. The van der Waals surface area contributed by atoms with Gasteiger partial charge in [-0.2, -0.15) is 0 Å². The van der Waals surface area contributed by atoms with E-state index in [2.05, 4.69) is 48.5 Å². The molecule has 1 heteroatoms. The third kappa shape index (κ3) is 1.60. The molecule has 0 N–H and O–H groups in total. The maximum absolute atomic E-state index is 2.27. The maximum atomic E-state index is 2.27. The lowest BCUT2D eigenvalue weighted by Gasteiger charge is -2.07. The van der Waals surface area contributed by atoms with Crippen molar-refractivity contribution in [2.75, 3.05) is 0 Å². The minimum absolute atomic E-state index is 1.03. The third-order valence-electron chi connectivity index (χ3n) is 2.96. The summed E-state index contributed by atoms with van der Waals surface area (Å²) in [7, 11) is 1.03. The second-order valence-corrected chi connectivity index (χ2v) is 5.12. The van der Waals surface area contributed by atoms with Crippen molar-refractivity contribution in [3.05, 3.63) is 59.7 Å². The quantitative estimate of drug-likeness (QED) is 0.578. The second-order valence-electron chi connectivity index (χ2n) is 3.92. The van der Waals surface area contributed by atoms with Gasteiger partial charge in [0.25, 0.3) is 0 Å². The van der Waals surface area contributed by atoms with Gasteiger partial charge in [-0.1, -0.05) is 48.5 Å². The summed E-state index contributed by atoms with van der Waals surface area (Å²) in [5.74, 6) is 0. The molecule has 0 saturated heterocycles. The number of rotatable bonds is 0. The molecule has 0 spiro atoms. The van der Waals surface area contributed by atoms with Crippen LogP contribution >= 0.6 is 8.58 Å². The fourth-order valence-corrected chi connectivity index (χ4v) is 3.49. The number of hydrogen-bond acceptors (Lipinski definition) is 0. The summed E-state index contributed by atoms with van der Waals surface area (Å²) in [6, 6.07) is 17.6. The van der Waals surface area contributed by atoms with Gasteiger partial charge in [-0.05, 0) is 34.6 Å². The number of benzene rings is 2. The first-order valence-electron chi connectivity index (χ1n) is 5.32. The van der Waals surface area contributed by atoms with Crippen LogP contribution in [-0.4, -0.2) is 0 Å². The zero-order chi connectivity index (χ0) is 10.1. The lowest BCUT2D eigenvalue weighted by molar-refractivity contribution is 1.41. The van der Waals surface area contributed by atoms with E-state index < -0.39 is 0 Å². The zero-order valence-electron chi connectivity index (χ0n) is 8.53. The van der Waals surface area contributed by atoms with E-state index in [1.54, 1.807) is 0 Å². The van der Waals surface area contributed by atoms with Crippen LogP contribution in [0.5, 0.6) is 0 Å². The average Bonchev–Trinajstić information content (AvgIpc) is 2.48. The van der Waals surface area contributed by atoms with Gasteiger partial charge < -0.3 is 0 Å². The van der Waals surface area contributed by atoms with Gasteiger partial charge in [0.15, 0.2) is 0 Å². The van der Waals surface area contributed by atoms with Gasteiger partial charge in [-0.15, -0.1) is 8.58 Å². The van der Waals surface area contributed by atoms with E-state index in [4.69, 9.17) is 0 Å². The van der Waals surface area contributed by atoms with E-state index in [1.807, 2.05) is 0 Å². The van der Waals surface area contributed by atoms with Crippen molar-refractivity contribution in [1.29, 1.82) is 0 Å². The Morgan fingerprint density at radius 2 is 1.13 bits per heavy atom. The summed E-state index contributed by atoms with van der Waals surface area (Å²) in [6.45, 7) is 0. The Morgan fingerprint density at radius 1 is 0.667 bits per heavy atom. The molecule has 0 saturated carbocycles. The predicted octanol–water partition coefficient (Wildman–Crippen LogP) is 4.05. The van der Waals surface area contributed by atoms with Gasteiger partial charge in [-0.25, -0.2) is 0 Å². The molecule has 0 amide bonds. The van der Waals surface area contributed by atoms with Crippen molar-refractivity contribution in [3.63, 3.8) is 0 Å². The number of hydrogen-bond donors (Lipinski definition) is 0. The van der Waals surface area contributed by atoms with Crippen LogP contribution in [0, 0.1) is 0 Å². The minimum atomic E-state index is 1.03. The molecule has 0 fully saturated rings. The SMILES string of the molecule is c1ccc2c(c1)CPCc1ccccc1-2. The topological polar surface area (TPSA) is 0 Å².